The SMILES string of the molecule is O=C(CCc1cn(Cc2ccccc2F)c2ccccc12)NCc1ccccc1. The quantitative estimate of drug-likeness (QED) is 0.472. The van der Waals surface area contributed by atoms with Crippen molar-refractivity contribution in [2.45, 2.75) is 25.9 Å². The first-order chi connectivity index (χ1) is 14.2. The summed E-state index contributed by atoms with van der Waals surface area (Å²) in [4.78, 5) is 12.3. The molecule has 146 valence electrons. The van der Waals surface area contributed by atoms with Gasteiger partial charge in [-0.3, -0.25) is 4.79 Å². The Morgan fingerprint density at radius 1 is 0.862 bits per heavy atom. The van der Waals surface area contributed by atoms with E-state index in [9.17, 15) is 9.18 Å². The summed E-state index contributed by atoms with van der Waals surface area (Å²) in [6.45, 7) is 1.00. The van der Waals surface area contributed by atoms with E-state index in [0.29, 0.717) is 31.5 Å². The van der Waals surface area contributed by atoms with Gasteiger partial charge < -0.3 is 9.88 Å². The Labute approximate surface area is 169 Å². The van der Waals surface area contributed by atoms with Crippen LogP contribution in [0.25, 0.3) is 10.9 Å². The molecule has 4 aromatic rings. The van der Waals surface area contributed by atoms with Gasteiger partial charge in [0.25, 0.3) is 0 Å². The maximum atomic E-state index is 14.1. The van der Waals surface area contributed by atoms with Gasteiger partial charge in [0.15, 0.2) is 0 Å². The average Bonchev–Trinajstić information content (AvgIpc) is 3.11. The molecule has 0 saturated heterocycles. The molecule has 0 fully saturated rings. The van der Waals surface area contributed by atoms with Gasteiger partial charge in [-0.15, -0.1) is 0 Å². The fourth-order valence-electron chi connectivity index (χ4n) is 3.60. The maximum absolute atomic E-state index is 14.1. The molecule has 0 spiro atoms. The van der Waals surface area contributed by atoms with Crippen molar-refractivity contribution in [3.63, 3.8) is 0 Å². The third-order valence-corrected chi connectivity index (χ3v) is 5.12. The van der Waals surface area contributed by atoms with E-state index in [4.69, 9.17) is 0 Å². The van der Waals surface area contributed by atoms with Crippen LogP contribution in [-0.4, -0.2) is 10.5 Å². The van der Waals surface area contributed by atoms with Gasteiger partial charge in [0.05, 0.1) is 6.54 Å². The number of hydrogen-bond donors (Lipinski definition) is 1. The summed E-state index contributed by atoms with van der Waals surface area (Å²) in [6, 6.07) is 24.8. The molecule has 1 heterocycles. The lowest BCUT2D eigenvalue weighted by Gasteiger charge is -2.06. The van der Waals surface area contributed by atoms with Gasteiger partial charge in [-0.2, -0.15) is 0 Å². The number of carbonyl (C=O) groups is 1. The summed E-state index contributed by atoms with van der Waals surface area (Å²) in [5.41, 5.74) is 3.89. The van der Waals surface area contributed by atoms with Crippen molar-refractivity contribution in [2.24, 2.45) is 0 Å². The van der Waals surface area contributed by atoms with Crippen LogP contribution < -0.4 is 5.32 Å². The van der Waals surface area contributed by atoms with E-state index in [-0.39, 0.29) is 11.7 Å². The first-order valence-corrected chi connectivity index (χ1v) is 9.81. The largest absolute Gasteiger partial charge is 0.352 e. The van der Waals surface area contributed by atoms with E-state index in [2.05, 4.69) is 16.0 Å². The third kappa shape index (κ3) is 4.54. The van der Waals surface area contributed by atoms with Crippen molar-refractivity contribution in [3.05, 3.63) is 108 Å². The van der Waals surface area contributed by atoms with Crippen LogP contribution in [0, 0.1) is 5.82 Å². The molecule has 3 aromatic carbocycles. The maximum Gasteiger partial charge on any atom is 0.220 e. The molecule has 0 aliphatic carbocycles. The number of benzene rings is 3. The lowest BCUT2D eigenvalue weighted by molar-refractivity contribution is -0.121. The summed E-state index contributed by atoms with van der Waals surface area (Å²) >= 11 is 0. The molecular weight excluding hydrogens is 363 g/mol. The van der Waals surface area contributed by atoms with E-state index >= 15 is 0 Å². The van der Waals surface area contributed by atoms with Crippen LogP contribution in [0.2, 0.25) is 0 Å². The number of amides is 1. The van der Waals surface area contributed by atoms with Crippen molar-refractivity contribution >= 4 is 16.8 Å². The molecule has 0 unspecified atom stereocenters. The number of para-hydroxylation sites is 1. The summed E-state index contributed by atoms with van der Waals surface area (Å²) < 4.78 is 16.2. The van der Waals surface area contributed by atoms with Gasteiger partial charge in [0, 0.05) is 35.6 Å². The van der Waals surface area contributed by atoms with Gasteiger partial charge in [0.1, 0.15) is 5.82 Å². The summed E-state index contributed by atoms with van der Waals surface area (Å²) in [5.74, 6) is -0.174. The number of halogens is 1. The number of hydrogen-bond acceptors (Lipinski definition) is 1. The number of carbonyl (C=O) groups excluding carboxylic acids is 1. The van der Waals surface area contributed by atoms with Crippen LogP contribution in [0.15, 0.2) is 85.1 Å². The first-order valence-electron chi connectivity index (χ1n) is 9.81. The van der Waals surface area contributed by atoms with Crippen molar-refractivity contribution in [1.29, 1.82) is 0 Å². The summed E-state index contributed by atoms with van der Waals surface area (Å²) in [5, 5.41) is 4.09. The second kappa shape index (κ2) is 8.74. The monoisotopic (exact) mass is 386 g/mol. The molecule has 1 amide bonds. The average molecular weight is 386 g/mol. The lowest BCUT2D eigenvalue weighted by atomic mass is 10.1. The topological polar surface area (TPSA) is 34.0 Å². The Balaban J connectivity index is 1.46. The van der Waals surface area contributed by atoms with Crippen LogP contribution in [0.1, 0.15) is 23.1 Å². The minimum absolute atomic E-state index is 0.0276. The number of nitrogens with zero attached hydrogens (tertiary/aromatic N) is 1. The van der Waals surface area contributed by atoms with E-state index in [1.165, 1.54) is 6.07 Å². The lowest BCUT2D eigenvalue weighted by Crippen LogP contribution is -2.22. The second-order valence-corrected chi connectivity index (χ2v) is 7.15. The molecule has 29 heavy (non-hydrogen) atoms. The van der Waals surface area contributed by atoms with E-state index in [1.807, 2.05) is 60.8 Å². The first kappa shape index (κ1) is 18.9. The van der Waals surface area contributed by atoms with Gasteiger partial charge >= 0.3 is 0 Å². The smallest absolute Gasteiger partial charge is 0.220 e. The molecule has 1 N–H and O–H groups in total. The molecule has 0 aliphatic heterocycles. The fraction of sp³-hybridized carbons (Fsp3) is 0.160. The molecule has 4 rings (SSSR count). The minimum atomic E-state index is -0.202. The van der Waals surface area contributed by atoms with Gasteiger partial charge in [-0.1, -0.05) is 66.7 Å². The van der Waals surface area contributed by atoms with Gasteiger partial charge in [-0.25, -0.2) is 4.39 Å². The van der Waals surface area contributed by atoms with Crippen LogP contribution in [0.4, 0.5) is 4.39 Å². The molecular formula is C25H23FN2O. The highest BCUT2D eigenvalue weighted by molar-refractivity contribution is 5.85. The standard InChI is InChI=1S/C25H23FN2O/c26-23-12-6-4-10-21(23)18-28-17-20(22-11-5-7-13-24(22)28)14-15-25(29)27-16-19-8-2-1-3-9-19/h1-13,17H,14-16,18H2,(H,27,29). The zero-order chi connectivity index (χ0) is 20.1. The van der Waals surface area contributed by atoms with Crippen LogP contribution >= 0.6 is 0 Å². The predicted molar refractivity (Wildman–Crippen MR) is 114 cm³/mol. The molecule has 3 nitrogen and oxygen atoms in total. The van der Waals surface area contributed by atoms with Crippen LogP contribution in [0.3, 0.4) is 0 Å². The Hall–Kier alpha value is -3.40. The summed E-state index contributed by atoms with van der Waals surface area (Å²) in [6.07, 6.45) is 3.10. The molecule has 0 bridgehead atoms. The Morgan fingerprint density at radius 3 is 2.41 bits per heavy atom. The number of fused-ring (bicyclic) bond motifs is 1. The van der Waals surface area contributed by atoms with Crippen molar-refractivity contribution < 1.29 is 9.18 Å². The van der Waals surface area contributed by atoms with Crippen molar-refractivity contribution in [1.82, 2.24) is 9.88 Å². The van der Waals surface area contributed by atoms with Crippen LogP contribution in [-0.2, 0) is 24.3 Å². The normalized spacial score (nSPS) is 10.9. The van der Waals surface area contributed by atoms with Gasteiger partial charge in [0.2, 0.25) is 5.91 Å². The van der Waals surface area contributed by atoms with Crippen molar-refractivity contribution in [3.8, 4) is 0 Å². The third-order valence-electron chi connectivity index (χ3n) is 5.12. The Morgan fingerprint density at radius 2 is 1.59 bits per heavy atom. The zero-order valence-electron chi connectivity index (χ0n) is 16.1. The van der Waals surface area contributed by atoms with Gasteiger partial charge in [-0.05, 0) is 29.7 Å². The predicted octanol–water partition coefficient (Wildman–Crippen LogP) is 5.08. The Bertz CT molecular complexity index is 1120. The molecule has 0 aliphatic rings. The molecule has 0 atom stereocenters. The summed E-state index contributed by atoms with van der Waals surface area (Å²) in [7, 11) is 0. The van der Waals surface area contributed by atoms with E-state index in [1.54, 1.807) is 12.1 Å². The zero-order valence-corrected chi connectivity index (χ0v) is 16.1. The highest BCUT2D eigenvalue weighted by atomic mass is 19.1. The molecule has 0 radical (unpaired) electrons. The minimum Gasteiger partial charge on any atom is -0.352 e. The van der Waals surface area contributed by atoms with Crippen LogP contribution in [0.5, 0.6) is 0 Å². The Kier molecular flexibility index (Phi) is 5.71. The number of aryl methyl sites for hydroxylation is 1. The highest BCUT2D eigenvalue weighted by Crippen LogP contribution is 2.24. The molecule has 0 saturated carbocycles. The molecule has 1 aromatic heterocycles. The second-order valence-electron chi connectivity index (χ2n) is 7.15. The molecule has 4 heteroatoms. The fourth-order valence-corrected chi connectivity index (χ4v) is 3.60. The number of nitrogens with one attached hydrogen (secondary N) is 1. The van der Waals surface area contributed by atoms with E-state index < -0.39 is 0 Å². The van der Waals surface area contributed by atoms with E-state index in [0.717, 1.165) is 22.0 Å². The number of aromatic nitrogens is 1. The van der Waals surface area contributed by atoms with Crippen molar-refractivity contribution in [2.75, 3.05) is 0 Å². The number of rotatable bonds is 7. The highest BCUT2D eigenvalue weighted by Gasteiger charge is 2.11.